The zero-order valence-electron chi connectivity index (χ0n) is 12.8. The summed E-state index contributed by atoms with van der Waals surface area (Å²) in [5.74, 6) is 1.02. The number of halogens is 1. The zero-order chi connectivity index (χ0) is 16.5. The van der Waals surface area contributed by atoms with Crippen molar-refractivity contribution in [1.29, 1.82) is 0 Å². The number of aromatic nitrogens is 4. The third kappa shape index (κ3) is 2.50. The van der Waals surface area contributed by atoms with Gasteiger partial charge in [-0.1, -0.05) is 29.4 Å². The van der Waals surface area contributed by atoms with Gasteiger partial charge in [-0.3, -0.25) is 0 Å². The molecule has 2 aromatic carbocycles. The highest BCUT2D eigenvalue weighted by atomic mass is 19.1. The molecule has 1 aliphatic rings. The topological polar surface area (TPSA) is 64.9 Å². The minimum Gasteiger partial charge on any atom is -0.497 e. The number of fused-ring (bicyclic) bond motifs is 1. The van der Waals surface area contributed by atoms with Crippen LogP contribution in [0.3, 0.4) is 0 Å². The largest absolute Gasteiger partial charge is 0.497 e. The van der Waals surface area contributed by atoms with Crippen molar-refractivity contribution in [3.05, 3.63) is 71.6 Å². The number of nitrogens with zero attached hydrogens (tertiary/aromatic N) is 4. The van der Waals surface area contributed by atoms with Gasteiger partial charge in [-0.2, -0.15) is 4.68 Å². The number of benzene rings is 2. The first-order chi connectivity index (χ1) is 11.7. The van der Waals surface area contributed by atoms with Crippen LogP contribution in [-0.2, 0) is 0 Å². The van der Waals surface area contributed by atoms with E-state index in [2.05, 4.69) is 20.8 Å². The Labute approximate surface area is 137 Å². The lowest BCUT2D eigenvalue weighted by Crippen LogP contribution is -2.20. The molecule has 3 aromatic rings. The highest BCUT2D eigenvalue weighted by Crippen LogP contribution is 2.32. The molecule has 6 nitrogen and oxygen atoms in total. The lowest BCUT2D eigenvalue weighted by molar-refractivity contribution is 0.414. The molecule has 0 saturated heterocycles. The zero-order valence-corrected chi connectivity index (χ0v) is 12.8. The quantitative estimate of drug-likeness (QED) is 0.803. The van der Waals surface area contributed by atoms with Crippen molar-refractivity contribution in [2.24, 2.45) is 0 Å². The van der Waals surface area contributed by atoms with Crippen LogP contribution in [-0.4, -0.2) is 27.3 Å². The fourth-order valence-corrected chi connectivity index (χ4v) is 2.71. The standard InChI is InChI=1S/C17H14FN5O/c1-24-14-4-2-3-12(9-14)15-10-16(11-5-7-13(18)8-6-11)23-17(19-15)20-21-22-23/h2-10,16H,1H3,(H,19,20,22). The van der Waals surface area contributed by atoms with Crippen molar-refractivity contribution in [2.75, 3.05) is 12.4 Å². The van der Waals surface area contributed by atoms with Crippen molar-refractivity contribution in [3.8, 4) is 5.75 Å². The van der Waals surface area contributed by atoms with Crippen molar-refractivity contribution in [3.63, 3.8) is 0 Å². The van der Waals surface area contributed by atoms with E-state index in [1.807, 2.05) is 30.3 Å². The average molecular weight is 323 g/mol. The van der Waals surface area contributed by atoms with Gasteiger partial charge in [-0.15, -0.1) is 0 Å². The highest BCUT2D eigenvalue weighted by molar-refractivity contribution is 5.77. The van der Waals surface area contributed by atoms with Gasteiger partial charge in [-0.05, 0) is 46.3 Å². The van der Waals surface area contributed by atoms with E-state index in [-0.39, 0.29) is 11.9 Å². The van der Waals surface area contributed by atoms with Crippen LogP contribution in [0.5, 0.6) is 5.75 Å². The molecule has 1 aliphatic heterocycles. The molecule has 0 fully saturated rings. The summed E-state index contributed by atoms with van der Waals surface area (Å²) in [6.07, 6.45) is 2.01. The summed E-state index contributed by atoms with van der Waals surface area (Å²) in [6.45, 7) is 0. The molecule has 1 atom stereocenters. The van der Waals surface area contributed by atoms with E-state index in [0.717, 1.165) is 22.6 Å². The van der Waals surface area contributed by atoms with Gasteiger partial charge in [0.25, 0.3) is 0 Å². The predicted octanol–water partition coefficient (Wildman–Crippen LogP) is 2.88. The van der Waals surface area contributed by atoms with Crippen LogP contribution in [0.1, 0.15) is 17.2 Å². The third-order valence-electron chi connectivity index (χ3n) is 3.92. The molecule has 0 saturated carbocycles. The Morgan fingerprint density at radius 2 is 2.00 bits per heavy atom. The van der Waals surface area contributed by atoms with E-state index < -0.39 is 0 Å². The van der Waals surface area contributed by atoms with Crippen molar-refractivity contribution in [1.82, 2.24) is 20.2 Å². The van der Waals surface area contributed by atoms with Gasteiger partial charge in [-0.25, -0.2) is 4.39 Å². The number of methoxy groups -OCH3 is 1. The number of hydrogen-bond donors (Lipinski definition) is 1. The molecule has 7 heteroatoms. The lowest BCUT2D eigenvalue weighted by atomic mass is 10.0. The van der Waals surface area contributed by atoms with E-state index in [0.29, 0.717) is 5.95 Å². The van der Waals surface area contributed by atoms with Gasteiger partial charge in [0.15, 0.2) is 0 Å². The maximum Gasteiger partial charge on any atom is 0.248 e. The Balaban J connectivity index is 1.79. The van der Waals surface area contributed by atoms with Gasteiger partial charge >= 0.3 is 0 Å². The smallest absolute Gasteiger partial charge is 0.248 e. The van der Waals surface area contributed by atoms with Crippen LogP contribution >= 0.6 is 0 Å². The molecule has 24 heavy (non-hydrogen) atoms. The average Bonchev–Trinajstić information content (AvgIpc) is 3.10. The molecule has 1 unspecified atom stereocenters. The minimum atomic E-state index is -0.276. The summed E-state index contributed by atoms with van der Waals surface area (Å²) in [6, 6.07) is 13.8. The molecular weight excluding hydrogens is 309 g/mol. The highest BCUT2D eigenvalue weighted by Gasteiger charge is 2.24. The third-order valence-corrected chi connectivity index (χ3v) is 3.92. The van der Waals surface area contributed by atoms with Gasteiger partial charge < -0.3 is 10.1 Å². The molecule has 0 spiro atoms. The Morgan fingerprint density at radius 3 is 2.79 bits per heavy atom. The summed E-state index contributed by atoms with van der Waals surface area (Å²) in [5.41, 5.74) is 2.72. The first-order valence-electron chi connectivity index (χ1n) is 7.41. The Bertz CT molecular complexity index is 903. The Kier molecular flexibility index (Phi) is 3.45. The maximum atomic E-state index is 13.2. The van der Waals surface area contributed by atoms with Gasteiger partial charge in [0, 0.05) is 11.3 Å². The second kappa shape index (κ2) is 5.77. The molecule has 0 bridgehead atoms. The Morgan fingerprint density at radius 1 is 1.17 bits per heavy atom. The molecule has 1 aromatic heterocycles. The predicted molar refractivity (Wildman–Crippen MR) is 86.9 cm³/mol. The Hall–Kier alpha value is -3.22. The van der Waals surface area contributed by atoms with E-state index in [1.54, 1.807) is 23.9 Å². The number of tetrazole rings is 1. The molecule has 0 aliphatic carbocycles. The van der Waals surface area contributed by atoms with Crippen LogP contribution in [0.2, 0.25) is 0 Å². The number of nitrogens with one attached hydrogen (secondary N) is 1. The summed E-state index contributed by atoms with van der Waals surface area (Å²) in [5, 5.41) is 15.0. The molecule has 0 radical (unpaired) electrons. The first-order valence-corrected chi connectivity index (χ1v) is 7.41. The van der Waals surface area contributed by atoms with Crippen LogP contribution in [0.4, 0.5) is 10.3 Å². The normalized spacial score (nSPS) is 16.1. The monoisotopic (exact) mass is 323 g/mol. The molecule has 1 N–H and O–H groups in total. The van der Waals surface area contributed by atoms with Crippen molar-refractivity contribution < 1.29 is 9.13 Å². The summed E-state index contributed by atoms with van der Waals surface area (Å²) in [7, 11) is 1.63. The molecule has 2 heterocycles. The van der Waals surface area contributed by atoms with Crippen LogP contribution < -0.4 is 10.1 Å². The van der Waals surface area contributed by atoms with Crippen LogP contribution in [0.15, 0.2) is 54.6 Å². The molecule has 120 valence electrons. The molecule has 4 rings (SSSR count). The van der Waals surface area contributed by atoms with E-state index in [9.17, 15) is 4.39 Å². The van der Waals surface area contributed by atoms with Crippen LogP contribution in [0, 0.1) is 5.82 Å². The van der Waals surface area contributed by atoms with E-state index in [4.69, 9.17) is 4.74 Å². The van der Waals surface area contributed by atoms with Gasteiger partial charge in [0.2, 0.25) is 5.95 Å². The van der Waals surface area contributed by atoms with Crippen LogP contribution in [0.25, 0.3) is 5.70 Å². The van der Waals surface area contributed by atoms with Crippen molar-refractivity contribution >= 4 is 11.6 Å². The second-order valence-corrected chi connectivity index (χ2v) is 5.38. The summed E-state index contributed by atoms with van der Waals surface area (Å²) >= 11 is 0. The van der Waals surface area contributed by atoms with Gasteiger partial charge in [0.05, 0.1) is 7.11 Å². The SMILES string of the molecule is COc1cccc(C2=CC(c3ccc(F)cc3)n3nnnc3N2)c1. The number of rotatable bonds is 3. The van der Waals surface area contributed by atoms with Crippen molar-refractivity contribution in [2.45, 2.75) is 6.04 Å². The fraction of sp³-hybridized carbons (Fsp3) is 0.118. The van der Waals surface area contributed by atoms with E-state index in [1.165, 1.54) is 12.1 Å². The maximum absolute atomic E-state index is 13.2. The summed E-state index contributed by atoms with van der Waals surface area (Å²) < 4.78 is 20.2. The molecular formula is C17H14FN5O. The lowest BCUT2D eigenvalue weighted by Gasteiger charge is -2.23. The second-order valence-electron chi connectivity index (χ2n) is 5.38. The number of hydrogen-bond acceptors (Lipinski definition) is 5. The number of allylic oxidation sites excluding steroid dienone is 1. The fourth-order valence-electron chi connectivity index (χ4n) is 2.71. The van der Waals surface area contributed by atoms with E-state index >= 15 is 0 Å². The number of anilines is 1. The summed E-state index contributed by atoms with van der Waals surface area (Å²) in [4.78, 5) is 0. The molecule has 0 amide bonds. The number of ether oxygens (including phenoxy) is 1. The van der Waals surface area contributed by atoms with Gasteiger partial charge in [0.1, 0.15) is 17.6 Å². The minimum absolute atomic E-state index is 0.224. The first kappa shape index (κ1) is 14.4.